The number of carboxylic acid groups (broad SMARTS) is 1. The van der Waals surface area contributed by atoms with Gasteiger partial charge in [0.25, 0.3) is 5.91 Å². The van der Waals surface area contributed by atoms with Crippen LogP contribution in [0, 0.1) is 11.8 Å². The Morgan fingerprint density at radius 3 is 2.33 bits per heavy atom. The smallest absolute Gasteiger partial charge is 0.303 e. The minimum atomic E-state index is -0.677. The summed E-state index contributed by atoms with van der Waals surface area (Å²) in [5, 5.41) is 12.2. The standard InChI is InChI=1S/C30H47ClN4O4/c31-26-19-25(29-24(28(26)32)12-18-39-29)30(38)33-20-22-8-16-35(17-9-22)21-23-10-14-34(15-11-23)13-6-4-2-1-3-5-7-27(36)37/h19,22-23H,1-18,20-21,32H2,(H,33,38)(H,36,37). The average Bonchev–Trinajstić information content (AvgIpc) is 3.43. The Morgan fingerprint density at radius 1 is 0.974 bits per heavy atom. The van der Waals surface area contributed by atoms with E-state index in [9.17, 15) is 9.59 Å². The van der Waals surface area contributed by atoms with Gasteiger partial charge in [0.05, 0.1) is 22.9 Å². The number of piperidine rings is 2. The molecule has 218 valence electrons. The molecule has 0 radical (unpaired) electrons. The van der Waals surface area contributed by atoms with Crippen molar-refractivity contribution in [2.45, 2.75) is 77.0 Å². The number of ether oxygens (including phenoxy) is 1. The highest BCUT2D eigenvalue weighted by Gasteiger charge is 2.27. The Labute approximate surface area is 238 Å². The van der Waals surface area contributed by atoms with E-state index in [1.165, 1.54) is 58.3 Å². The molecule has 2 saturated heterocycles. The zero-order valence-electron chi connectivity index (χ0n) is 23.4. The number of nitrogens with zero attached hydrogens (tertiary/aromatic N) is 2. The van der Waals surface area contributed by atoms with Gasteiger partial charge in [0.15, 0.2) is 0 Å². The quantitative estimate of drug-likeness (QED) is 0.220. The minimum absolute atomic E-state index is 0.125. The number of nitrogens with one attached hydrogen (secondary N) is 1. The maximum absolute atomic E-state index is 12.9. The number of aliphatic carboxylic acids is 1. The molecule has 9 heteroatoms. The number of likely N-dealkylation sites (tertiary alicyclic amines) is 2. The van der Waals surface area contributed by atoms with E-state index in [-0.39, 0.29) is 5.91 Å². The summed E-state index contributed by atoms with van der Waals surface area (Å²) in [4.78, 5) is 28.7. The maximum Gasteiger partial charge on any atom is 0.303 e. The van der Waals surface area contributed by atoms with Crippen molar-refractivity contribution in [2.24, 2.45) is 11.8 Å². The summed E-state index contributed by atoms with van der Waals surface area (Å²) in [6, 6.07) is 1.64. The van der Waals surface area contributed by atoms with Crippen molar-refractivity contribution in [3.63, 3.8) is 0 Å². The Bertz CT molecular complexity index is 959. The molecule has 0 unspecified atom stereocenters. The summed E-state index contributed by atoms with van der Waals surface area (Å²) in [7, 11) is 0. The molecule has 0 saturated carbocycles. The zero-order chi connectivity index (χ0) is 27.6. The van der Waals surface area contributed by atoms with Crippen molar-refractivity contribution in [2.75, 3.05) is 58.2 Å². The molecule has 4 rings (SSSR count). The number of halogens is 1. The van der Waals surface area contributed by atoms with Gasteiger partial charge in [0.1, 0.15) is 5.75 Å². The third kappa shape index (κ3) is 8.98. The number of rotatable bonds is 14. The van der Waals surface area contributed by atoms with Crippen LogP contribution in [0.15, 0.2) is 6.07 Å². The predicted molar refractivity (Wildman–Crippen MR) is 156 cm³/mol. The molecule has 1 amide bonds. The highest BCUT2D eigenvalue weighted by atomic mass is 35.5. The molecule has 3 aliphatic rings. The summed E-state index contributed by atoms with van der Waals surface area (Å²) in [6.07, 6.45) is 12.6. The third-order valence-electron chi connectivity index (χ3n) is 8.81. The normalized spacial score (nSPS) is 19.1. The average molecular weight is 563 g/mol. The lowest BCUT2D eigenvalue weighted by Crippen LogP contribution is -2.43. The molecule has 0 aromatic heterocycles. The molecule has 39 heavy (non-hydrogen) atoms. The van der Waals surface area contributed by atoms with Crippen molar-refractivity contribution in [3.05, 3.63) is 22.2 Å². The van der Waals surface area contributed by atoms with Crippen LogP contribution in [0.5, 0.6) is 5.75 Å². The highest BCUT2D eigenvalue weighted by molar-refractivity contribution is 6.33. The first-order chi connectivity index (χ1) is 18.9. The third-order valence-corrected chi connectivity index (χ3v) is 9.12. The first-order valence-corrected chi connectivity index (χ1v) is 15.5. The van der Waals surface area contributed by atoms with E-state index in [1.54, 1.807) is 6.07 Å². The molecule has 3 aliphatic heterocycles. The van der Waals surface area contributed by atoms with Crippen LogP contribution >= 0.6 is 11.6 Å². The molecular weight excluding hydrogens is 516 g/mol. The topological polar surface area (TPSA) is 108 Å². The van der Waals surface area contributed by atoms with Gasteiger partial charge in [-0.1, -0.05) is 37.3 Å². The lowest BCUT2D eigenvalue weighted by Gasteiger charge is -2.37. The van der Waals surface area contributed by atoms with Gasteiger partial charge in [-0.15, -0.1) is 0 Å². The van der Waals surface area contributed by atoms with Crippen LogP contribution in [-0.4, -0.2) is 79.2 Å². The van der Waals surface area contributed by atoms with Gasteiger partial charge in [-0.25, -0.2) is 0 Å². The number of carbonyl (C=O) groups excluding carboxylic acids is 1. The molecule has 8 nitrogen and oxygen atoms in total. The second kappa shape index (κ2) is 15.1. The van der Waals surface area contributed by atoms with E-state index in [0.717, 1.165) is 56.7 Å². The van der Waals surface area contributed by atoms with E-state index in [2.05, 4.69) is 15.1 Å². The van der Waals surface area contributed by atoms with Gasteiger partial charge in [-0.2, -0.15) is 0 Å². The van der Waals surface area contributed by atoms with Gasteiger partial charge < -0.3 is 30.7 Å². The number of amides is 1. The fraction of sp³-hybridized carbons (Fsp3) is 0.733. The number of fused-ring (bicyclic) bond motifs is 1. The molecule has 0 spiro atoms. The Morgan fingerprint density at radius 2 is 1.62 bits per heavy atom. The number of hydrogen-bond donors (Lipinski definition) is 3. The van der Waals surface area contributed by atoms with Crippen LogP contribution in [0.25, 0.3) is 0 Å². The summed E-state index contributed by atoms with van der Waals surface area (Å²) in [5.41, 5.74) is 7.94. The van der Waals surface area contributed by atoms with Crippen molar-refractivity contribution in [3.8, 4) is 5.75 Å². The van der Waals surface area contributed by atoms with Gasteiger partial charge in [-0.05, 0) is 89.2 Å². The second-order valence-corrected chi connectivity index (χ2v) is 12.1. The van der Waals surface area contributed by atoms with E-state index >= 15 is 0 Å². The largest absolute Gasteiger partial charge is 0.492 e. The molecule has 2 fully saturated rings. The van der Waals surface area contributed by atoms with Crippen LogP contribution < -0.4 is 15.8 Å². The lowest BCUT2D eigenvalue weighted by molar-refractivity contribution is -0.137. The molecule has 1 aromatic carbocycles. The van der Waals surface area contributed by atoms with E-state index < -0.39 is 5.97 Å². The van der Waals surface area contributed by atoms with Crippen molar-refractivity contribution in [1.82, 2.24) is 15.1 Å². The predicted octanol–water partition coefficient (Wildman–Crippen LogP) is 4.83. The van der Waals surface area contributed by atoms with Crippen molar-refractivity contribution >= 4 is 29.2 Å². The van der Waals surface area contributed by atoms with Crippen LogP contribution in [0.3, 0.4) is 0 Å². The molecule has 1 aromatic rings. The minimum Gasteiger partial charge on any atom is -0.492 e. The second-order valence-electron chi connectivity index (χ2n) is 11.7. The number of carboxylic acids is 1. The zero-order valence-corrected chi connectivity index (χ0v) is 24.2. The highest BCUT2D eigenvalue weighted by Crippen LogP contribution is 2.38. The number of benzene rings is 1. The van der Waals surface area contributed by atoms with Crippen LogP contribution in [0.1, 0.15) is 86.6 Å². The number of nitrogens with two attached hydrogens (primary N) is 1. The van der Waals surface area contributed by atoms with Gasteiger partial charge in [0.2, 0.25) is 0 Å². The van der Waals surface area contributed by atoms with Crippen molar-refractivity contribution < 1.29 is 19.4 Å². The van der Waals surface area contributed by atoms with Crippen LogP contribution in [-0.2, 0) is 11.2 Å². The fourth-order valence-electron chi connectivity index (χ4n) is 6.32. The van der Waals surface area contributed by atoms with E-state index in [0.29, 0.717) is 53.9 Å². The number of carbonyl (C=O) groups is 2. The fourth-order valence-corrected chi connectivity index (χ4v) is 6.54. The monoisotopic (exact) mass is 562 g/mol. The number of nitrogen functional groups attached to an aromatic ring is 1. The molecule has 0 aliphatic carbocycles. The Hall–Kier alpha value is -2.03. The van der Waals surface area contributed by atoms with Gasteiger partial charge in [0, 0.05) is 31.5 Å². The molecule has 0 bridgehead atoms. The number of unbranched alkanes of at least 4 members (excludes halogenated alkanes) is 5. The van der Waals surface area contributed by atoms with Crippen molar-refractivity contribution in [1.29, 1.82) is 0 Å². The first-order valence-electron chi connectivity index (χ1n) is 15.1. The van der Waals surface area contributed by atoms with Crippen LogP contribution in [0.2, 0.25) is 5.02 Å². The lowest BCUT2D eigenvalue weighted by atomic mass is 9.92. The van der Waals surface area contributed by atoms with Gasteiger partial charge in [-0.3, -0.25) is 9.59 Å². The molecular formula is C30H47ClN4O4. The summed E-state index contributed by atoms with van der Waals surface area (Å²) < 4.78 is 5.69. The number of hydrogen-bond acceptors (Lipinski definition) is 6. The Balaban J connectivity index is 1.06. The van der Waals surface area contributed by atoms with Gasteiger partial charge >= 0.3 is 5.97 Å². The number of anilines is 1. The molecule has 3 heterocycles. The first kappa shape index (κ1) is 29.9. The molecule has 4 N–H and O–H groups in total. The summed E-state index contributed by atoms with van der Waals surface area (Å²) in [5.74, 6) is 1.09. The van der Waals surface area contributed by atoms with E-state index in [1.807, 2.05) is 0 Å². The van der Waals surface area contributed by atoms with Crippen LogP contribution in [0.4, 0.5) is 5.69 Å². The Kier molecular flexibility index (Phi) is 11.6. The molecule has 0 atom stereocenters. The SMILES string of the molecule is Nc1c(Cl)cc(C(=O)NCC2CCN(CC3CCN(CCCCCCCCC(=O)O)CC3)CC2)c2c1CCO2. The van der Waals surface area contributed by atoms with E-state index in [4.69, 9.17) is 27.2 Å². The maximum atomic E-state index is 12.9. The summed E-state index contributed by atoms with van der Waals surface area (Å²) >= 11 is 6.27. The summed E-state index contributed by atoms with van der Waals surface area (Å²) in [6.45, 7) is 8.29.